The highest BCUT2D eigenvalue weighted by Gasteiger charge is 2.15. The van der Waals surface area contributed by atoms with E-state index in [1.807, 2.05) is 41.9 Å². The van der Waals surface area contributed by atoms with E-state index in [1.165, 1.54) is 0 Å². The van der Waals surface area contributed by atoms with Gasteiger partial charge in [0.15, 0.2) is 0 Å². The van der Waals surface area contributed by atoms with Crippen LogP contribution in [0.5, 0.6) is 0 Å². The van der Waals surface area contributed by atoms with Crippen LogP contribution < -0.4 is 0 Å². The number of hydrogen-bond donors (Lipinski definition) is 1. The maximum Gasteiger partial charge on any atom is 0.121 e. The summed E-state index contributed by atoms with van der Waals surface area (Å²) in [7, 11) is 1.96. The highest BCUT2D eigenvalue weighted by Crippen LogP contribution is 2.22. The lowest BCUT2D eigenvalue weighted by atomic mass is 10.1. The molecule has 1 heterocycles. The Morgan fingerprint density at radius 3 is 2.65 bits per heavy atom. The molecule has 0 saturated heterocycles. The molecule has 0 aliphatic carbocycles. The maximum atomic E-state index is 10.3. The topological polar surface area (TPSA) is 38.1 Å². The van der Waals surface area contributed by atoms with Crippen molar-refractivity contribution in [2.24, 2.45) is 7.05 Å². The van der Waals surface area contributed by atoms with Gasteiger partial charge in [0.1, 0.15) is 11.9 Å². The lowest BCUT2D eigenvalue weighted by molar-refractivity contribution is 0.211. The van der Waals surface area contributed by atoms with E-state index in [0.29, 0.717) is 0 Å². The number of rotatable bonds is 4. The Bertz CT molecular complexity index is 476. The lowest BCUT2D eigenvalue weighted by Crippen LogP contribution is -2.07. The van der Waals surface area contributed by atoms with Crippen molar-refractivity contribution in [3.63, 3.8) is 0 Å². The molecule has 0 radical (unpaired) electrons. The van der Waals surface area contributed by atoms with Gasteiger partial charge >= 0.3 is 0 Å². The van der Waals surface area contributed by atoms with Crippen LogP contribution in [0.15, 0.2) is 36.5 Å². The zero-order valence-electron chi connectivity index (χ0n) is 10.3. The van der Waals surface area contributed by atoms with Crippen molar-refractivity contribution in [1.82, 2.24) is 9.55 Å². The Labute approximate surface area is 102 Å². The van der Waals surface area contributed by atoms with Crippen LogP contribution in [0.3, 0.4) is 0 Å². The first kappa shape index (κ1) is 11.9. The van der Waals surface area contributed by atoms with Crippen molar-refractivity contribution in [3.8, 4) is 0 Å². The summed E-state index contributed by atoms with van der Waals surface area (Å²) >= 11 is 0. The number of nitrogens with zero attached hydrogens (tertiary/aromatic N) is 2. The molecule has 0 bridgehead atoms. The van der Waals surface area contributed by atoms with Gasteiger partial charge in [-0.25, -0.2) is 4.98 Å². The van der Waals surface area contributed by atoms with Crippen LogP contribution in [0, 0.1) is 0 Å². The molecule has 1 aromatic carbocycles. The summed E-state index contributed by atoms with van der Waals surface area (Å²) in [5.41, 5.74) is 1.75. The Balaban J connectivity index is 2.28. The first-order chi connectivity index (χ1) is 8.24. The second-order valence-electron chi connectivity index (χ2n) is 4.22. The first-order valence-corrected chi connectivity index (χ1v) is 5.97. The number of benzene rings is 1. The van der Waals surface area contributed by atoms with Gasteiger partial charge in [0.05, 0.1) is 11.9 Å². The van der Waals surface area contributed by atoms with Crippen molar-refractivity contribution in [2.75, 3.05) is 0 Å². The summed E-state index contributed by atoms with van der Waals surface area (Å²) in [5.74, 6) is 1.03. The molecule has 0 unspecified atom stereocenters. The summed E-state index contributed by atoms with van der Waals surface area (Å²) in [5, 5.41) is 10.3. The van der Waals surface area contributed by atoms with E-state index >= 15 is 0 Å². The smallest absolute Gasteiger partial charge is 0.121 e. The Hall–Kier alpha value is -1.61. The van der Waals surface area contributed by atoms with Crippen molar-refractivity contribution in [1.29, 1.82) is 0 Å². The molecule has 0 spiro atoms. The van der Waals surface area contributed by atoms with Crippen LogP contribution >= 0.6 is 0 Å². The largest absolute Gasteiger partial charge is 0.382 e. The van der Waals surface area contributed by atoms with Gasteiger partial charge in [-0.15, -0.1) is 0 Å². The third kappa shape index (κ3) is 2.39. The second-order valence-corrected chi connectivity index (χ2v) is 4.22. The summed E-state index contributed by atoms with van der Waals surface area (Å²) in [4.78, 5) is 4.36. The molecule has 90 valence electrons. The van der Waals surface area contributed by atoms with Crippen LogP contribution in [0.1, 0.15) is 36.5 Å². The lowest BCUT2D eigenvalue weighted by Gasteiger charge is -2.12. The molecule has 1 aromatic heterocycles. The summed E-state index contributed by atoms with van der Waals surface area (Å²) in [6, 6.07) is 9.67. The third-order valence-corrected chi connectivity index (χ3v) is 2.99. The molecule has 1 atom stereocenters. The Kier molecular flexibility index (Phi) is 3.59. The minimum absolute atomic E-state index is 0.598. The van der Waals surface area contributed by atoms with Gasteiger partial charge in [0.2, 0.25) is 0 Å². The average molecular weight is 230 g/mol. The fourth-order valence-electron chi connectivity index (χ4n) is 1.98. The number of imidazole rings is 1. The fourth-order valence-corrected chi connectivity index (χ4v) is 1.98. The Morgan fingerprint density at radius 1 is 1.29 bits per heavy atom. The van der Waals surface area contributed by atoms with Crippen LogP contribution in [-0.2, 0) is 13.5 Å². The summed E-state index contributed by atoms with van der Waals surface area (Å²) in [6.07, 6.45) is 3.17. The third-order valence-electron chi connectivity index (χ3n) is 2.99. The van der Waals surface area contributed by atoms with Crippen LogP contribution in [0.25, 0.3) is 0 Å². The Morgan fingerprint density at radius 2 is 2.00 bits per heavy atom. The van der Waals surface area contributed by atoms with Crippen molar-refractivity contribution >= 4 is 0 Å². The van der Waals surface area contributed by atoms with Gasteiger partial charge in [-0.05, 0) is 12.0 Å². The van der Waals surface area contributed by atoms with E-state index in [0.717, 1.165) is 29.9 Å². The van der Waals surface area contributed by atoms with Crippen molar-refractivity contribution in [2.45, 2.75) is 25.9 Å². The number of aryl methyl sites for hydroxylation is 1. The molecule has 3 nitrogen and oxygen atoms in total. The SMILES string of the molecule is CCCc1ncc([C@H](O)c2ccccc2)n1C. The van der Waals surface area contributed by atoms with Crippen LogP contribution in [-0.4, -0.2) is 14.7 Å². The molecule has 0 aliphatic rings. The van der Waals surface area contributed by atoms with Gasteiger partial charge < -0.3 is 9.67 Å². The monoisotopic (exact) mass is 230 g/mol. The first-order valence-electron chi connectivity index (χ1n) is 5.97. The molecule has 0 saturated carbocycles. The van der Waals surface area contributed by atoms with Crippen LogP contribution in [0.2, 0.25) is 0 Å². The van der Waals surface area contributed by atoms with E-state index in [9.17, 15) is 5.11 Å². The van der Waals surface area contributed by atoms with Crippen molar-refractivity contribution in [3.05, 3.63) is 53.6 Å². The van der Waals surface area contributed by atoms with Gasteiger partial charge in [-0.3, -0.25) is 0 Å². The normalized spacial score (nSPS) is 12.6. The average Bonchev–Trinajstić information content (AvgIpc) is 2.72. The van der Waals surface area contributed by atoms with Gasteiger partial charge in [-0.2, -0.15) is 0 Å². The molecule has 2 aromatic rings. The molecule has 0 aliphatic heterocycles. The van der Waals surface area contributed by atoms with Crippen molar-refractivity contribution < 1.29 is 5.11 Å². The minimum Gasteiger partial charge on any atom is -0.382 e. The van der Waals surface area contributed by atoms with Gasteiger partial charge in [0, 0.05) is 13.5 Å². The molecule has 0 fully saturated rings. The highest BCUT2D eigenvalue weighted by atomic mass is 16.3. The fraction of sp³-hybridized carbons (Fsp3) is 0.357. The van der Waals surface area contributed by atoms with E-state index in [1.54, 1.807) is 6.20 Å². The standard InChI is InChI=1S/C14H18N2O/c1-3-7-13-15-10-12(16(13)2)14(17)11-8-5-4-6-9-11/h4-6,8-10,14,17H,3,7H2,1-2H3/t14-/m1/s1. The molecule has 1 N–H and O–H groups in total. The number of hydrogen-bond acceptors (Lipinski definition) is 2. The predicted octanol–water partition coefficient (Wildman–Crippen LogP) is 2.45. The number of aromatic nitrogens is 2. The molecule has 17 heavy (non-hydrogen) atoms. The second kappa shape index (κ2) is 5.15. The van der Waals surface area contributed by atoms with E-state index in [-0.39, 0.29) is 0 Å². The zero-order valence-corrected chi connectivity index (χ0v) is 10.3. The molecular weight excluding hydrogens is 212 g/mol. The van der Waals surface area contributed by atoms with E-state index < -0.39 is 6.10 Å². The minimum atomic E-state index is -0.598. The van der Waals surface area contributed by atoms with Gasteiger partial charge in [0.25, 0.3) is 0 Å². The van der Waals surface area contributed by atoms with E-state index in [2.05, 4.69) is 11.9 Å². The number of aliphatic hydroxyl groups excluding tert-OH is 1. The van der Waals surface area contributed by atoms with E-state index in [4.69, 9.17) is 0 Å². The number of aliphatic hydroxyl groups is 1. The van der Waals surface area contributed by atoms with Crippen LogP contribution in [0.4, 0.5) is 0 Å². The molecule has 0 amide bonds. The molecule has 3 heteroatoms. The predicted molar refractivity (Wildman–Crippen MR) is 67.7 cm³/mol. The quantitative estimate of drug-likeness (QED) is 0.876. The highest BCUT2D eigenvalue weighted by molar-refractivity contribution is 5.25. The summed E-state index contributed by atoms with van der Waals surface area (Å²) < 4.78 is 1.99. The molecule has 2 rings (SSSR count). The molecular formula is C14H18N2O. The summed E-state index contributed by atoms with van der Waals surface area (Å²) in [6.45, 7) is 2.13. The zero-order chi connectivity index (χ0) is 12.3. The maximum absolute atomic E-state index is 10.3. The van der Waals surface area contributed by atoms with Gasteiger partial charge in [-0.1, -0.05) is 37.3 Å².